The van der Waals surface area contributed by atoms with E-state index in [1.165, 1.54) is 48.1 Å². The number of piperidine rings is 2. The number of ether oxygens (including phenoxy) is 3. The summed E-state index contributed by atoms with van der Waals surface area (Å²) in [4.78, 5) is 74.8. The zero-order chi connectivity index (χ0) is 71.6. The van der Waals surface area contributed by atoms with E-state index in [4.69, 9.17) is 14.2 Å². The molecule has 0 radical (unpaired) electrons. The lowest BCUT2D eigenvalue weighted by Gasteiger charge is -2.44. The van der Waals surface area contributed by atoms with Crippen molar-refractivity contribution < 1.29 is 68.9 Å². The normalized spacial score (nSPS) is 17.9. The highest BCUT2D eigenvalue weighted by molar-refractivity contribution is 5.95. The number of alkyl halides is 6. The summed E-state index contributed by atoms with van der Waals surface area (Å²) in [7, 11) is 6.99. The van der Waals surface area contributed by atoms with Crippen molar-refractivity contribution in [3.63, 3.8) is 0 Å². The second kappa shape index (κ2) is 35.1. The zero-order valence-corrected chi connectivity index (χ0v) is 58.2. The number of hydrogen-bond donors (Lipinski definition) is 0. The molecule has 3 heterocycles. The first kappa shape index (κ1) is 76.2. The Labute approximate surface area is 583 Å². The summed E-state index contributed by atoms with van der Waals surface area (Å²) in [5, 5.41) is 0. The number of aryl methyl sites for hydroxylation is 1. The number of likely N-dealkylation sites (tertiary alicyclic amines) is 2. The number of carbonyl (C=O) groups is 5. The monoisotopic (exact) mass is 1390 g/mol. The predicted octanol–water partition coefficient (Wildman–Crippen LogP) is 14.3. The number of carbonyl (C=O) groups excluding carboxylic acids is 5. The van der Waals surface area contributed by atoms with E-state index in [1.807, 2.05) is 79.7 Å². The number of hydrogen-bond acceptors (Lipinski definition) is 10. The maximum absolute atomic E-state index is 13.9. The first-order valence-corrected chi connectivity index (χ1v) is 35.0. The molecule has 0 unspecified atom stereocenters. The Balaban J connectivity index is 0.000000237. The van der Waals surface area contributed by atoms with Crippen LogP contribution in [0.3, 0.4) is 0 Å². The van der Waals surface area contributed by atoms with E-state index in [-0.39, 0.29) is 67.6 Å². The first-order valence-electron chi connectivity index (χ1n) is 35.0. The number of rotatable bonds is 27. The molecule has 6 aromatic carbocycles. The molecule has 1 spiro atoms. The van der Waals surface area contributed by atoms with Crippen LogP contribution in [0.1, 0.15) is 144 Å². The Bertz CT molecular complexity index is 3640. The van der Waals surface area contributed by atoms with E-state index < -0.39 is 46.4 Å². The SMILES string of the molecule is COCC(=O)N(C)CCCCN(C)C(=O)c1ccc(CCCCCCC(=O)N(C)CCN2CCC(OC(=O)Cc3ccccc3-c3ccccc3)CC2)cc1.C[C@H]1Cc2ccccc2C12CCN(CC[C@@]1(c3ccc(F)cc3)CN(C(=O)c3cc(C(F)(F)F)cc(C(F)(F)F)c3)CO1)CC2. The van der Waals surface area contributed by atoms with Crippen molar-refractivity contribution in [3.05, 3.63) is 201 Å². The molecule has 21 heteroatoms. The van der Waals surface area contributed by atoms with Crippen LogP contribution in [0, 0.1) is 11.7 Å². The molecule has 0 aromatic heterocycles. The van der Waals surface area contributed by atoms with Gasteiger partial charge in [0.05, 0.1) is 24.1 Å². The largest absolute Gasteiger partial charge is 0.462 e. The van der Waals surface area contributed by atoms with Gasteiger partial charge in [-0.25, -0.2) is 4.39 Å². The second-order valence-electron chi connectivity index (χ2n) is 27.4. The number of unbranched alkanes of at least 4 members (excludes halogenated alkanes) is 4. The van der Waals surface area contributed by atoms with Crippen molar-refractivity contribution >= 4 is 29.6 Å². The Morgan fingerprint density at radius 2 is 1.24 bits per heavy atom. The van der Waals surface area contributed by atoms with Crippen LogP contribution in [0.4, 0.5) is 30.7 Å². The minimum atomic E-state index is -5.08. The topological polar surface area (TPSA) is 132 Å². The Hall–Kier alpha value is -7.98. The van der Waals surface area contributed by atoms with Gasteiger partial charge in [0.1, 0.15) is 30.9 Å². The molecule has 6 aromatic rings. The predicted molar refractivity (Wildman–Crippen MR) is 371 cm³/mol. The molecule has 10 rings (SSSR count). The average molecular weight is 1390 g/mol. The first-order chi connectivity index (χ1) is 47.8. The second-order valence-corrected chi connectivity index (χ2v) is 27.4. The molecule has 100 heavy (non-hydrogen) atoms. The fraction of sp³-hybridized carbons (Fsp3) is 0.481. The van der Waals surface area contributed by atoms with Crippen LogP contribution in [0.5, 0.6) is 0 Å². The van der Waals surface area contributed by atoms with Crippen LogP contribution < -0.4 is 0 Å². The molecule has 538 valence electrons. The highest BCUT2D eigenvalue weighted by Gasteiger charge is 2.48. The maximum Gasteiger partial charge on any atom is 0.416 e. The highest BCUT2D eigenvalue weighted by atomic mass is 19.4. The molecule has 0 bridgehead atoms. The van der Waals surface area contributed by atoms with E-state index in [2.05, 4.69) is 59.2 Å². The van der Waals surface area contributed by atoms with Crippen LogP contribution in [-0.4, -0.2) is 172 Å². The molecule has 0 saturated carbocycles. The van der Waals surface area contributed by atoms with Crippen LogP contribution in [-0.2, 0) is 71.2 Å². The van der Waals surface area contributed by atoms with Crippen molar-refractivity contribution in [1.29, 1.82) is 0 Å². The van der Waals surface area contributed by atoms with E-state index in [0.717, 1.165) is 131 Å². The molecule has 3 fully saturated rings. The fourth-order valence-electron chi connectivity index (χ4n) is 14.4. The molecule has 4 amide bonds. The Morgan fingerprint density at radius 3 is 1.91 bits per heavy atom. The maximum atomic E-state index is 13.9. The van der Waals surface area contributed by atoms with Gasteiger partial charge in [-0.15, -0.1) is 0 Å². The Morgan fingerprint density at radius 1 is 0.630 bits per heavy atom. The number of fused-ring (bicyclic) bond motifs is 2. The number of methoxy groups -OCH3 is 1. The minimum absolute atomic E-state index is 0.00475. The summed E-state index contributed by atoms with van der Waals surface area (Å²) in [6, 6.07) is 41.1. The molecule has 2 atom stereocenters. The van der Waals surface area contributed by atoms with Gasteiger partial charge in [0.15, 0.2) is 0 Å². The molecular weight excluding hydrogens is 1290 g/mol. The molecule has 1 aliphatic carbocycles. The molecule has 14 nitrogen and oxygen atoms in total. The van der Waals surface area contributed by atoms with Crippen LogP contribution in [0.2, 0.25) is 0 Å². The van der Waals surface area contributed by atoms with Gasteiger partial charge in [-0.3, -0.25) is 24.0 Å². The number of esters is 1. The highest BCUT2D eigenvalue weighted by Crippen LogP contribution is 2.50. The van der Waals surface area contributed by atoms with Crippen molar-refractivity contribution in [2.45, 2.75) is 133 Å². The standard InChI is InChI=1S/C45H62N4O6.C34H33F7N2O2/c1-46(43(51)35-54-4)28-14-15-29-48(3)45(53)38-24-22-36(23-25-38)16-8-5-6-11-21-42(50)47(2)32-33-49-30-26-40(27-31-49)55-44(52)34-39-19-12-13-20-41(39)37-17-9-7-10-18-37;1-22-16-23-4-2-3-5-29(23)31(22)10-13-42(14-11-31)15-12-32(25-6-8-28(35)9-7-25)20-43(21-45-32)30(44)24-17-26(33(36,37)38)19-27(18-24)34(39,40)41/h7,9-10,12-13,17-20,22-25,40H,5-6,8,11,14-16,21,26-35H2,1-4H3;2-9,17-19,22H,10-16,20-21H2,1H3/t;22-,32-/m.0/s1. The minimum Gasteiger partial charge on any atom is -0.462 e. The average Bonchev–Trinajstić information content (AvgIpc) is 1.60. The van der Waals surface area contributed by atoms with Crippen LogP contribution in [0.25, 0.3) is 11.1 Å². The summed E-state index contributed by atoms with van der Waals surface area (Å²) < 4.78 is 112. The molecule has 4 aliphatic rings. The van der Waals surface area contributed by atoms with Gasteiger partial charge in [-0.1, -0.05) is 123 Å². The molecular formula is C79H95F7N6O8. The van der Waals surface area contributed by atoms with Gasteiger partial charge in [0, 0.05) is 97.0 Å². The van der Waals surface area contributed by atoms with Gasteiger partial charge >= 0.3 is 18.3 Å². The van der Waals surface area contributed by atoms with Crippen LogP contribution >= 0.6 is 0 Å². The Kier molecular flexibility index (Phi) is 26.7. The zero-order valence-electron chi connectivity index (χ0n) is 58.2. The van der Waals surface area contributed by atoms with Gasteiger partial charge in [-0.2, -0.15) is 26.3 Å². The molecule has 0 N–H and O–H groups in total. The third-order valence-corrected chi connectivity index (χ3v) is 20.6. The van der Waals surface area contributed by atoms with E-state index >= 15 is 0 Å². The number of nitrogens with zero attached hydrogens (tertiary/aromatic N) is 6. The lowest BCUT2D eigenvalue weighted by atomic mass is 9.68. The number of benzene rings is 6. The number of halogens is 7. The van der Waals surface area contributed by atoms with Gasteiger partial charge < -0.3 is 43.6 Å². The lowest BCUT2D eigenvalue weighted by molar-refractivity contribution is -0.150. The number of likely N-dealkylation sites (N-methyl/N-ethyl adjacent to an activating group) is 2. The van der Waals surface area contributed by atoms with Crippen LogP contribution in [0.15, 0.2) is 146 Å². The van der Waals surface area contributed by atoms with Crippen molar-refractivity contribution in [3.8, 4) is 11.1 Å². The van der Waals surface area contributed by atoms with E-state index in [1.54, 1.807) is 16.8 Å². The number of amides is 4. The van der Waals surface area contributed by atoms with Gasteiger partial charge in [0.25, 0.3) is 11.8 Å². The smallest absolute Gasteiger partial charge is 0.416 e. The molecule has 3 saturated heterocycles. The third kappa shape index (κ3) is 20.4. The van der Waals surface area contributed by atoms with Crippen molar-refractivity contribution in [2.75, 3.05) is 107 Å². The summed E-state index contributed by atoms with van der Waals surface area (Å²) in [6.45, 7) is 8.70. The summed E-state index contributed by atoms with van der Waals surface area (Å²) >= 11 is 0. The fourth-order valence-corrected chi connectivity index (χ4v) is 14.4. The summed E-state index contributed by atoms with van der Waals surface area (Å²) in [5.74, 6) is -0.990. The van der Waals surface area contributed by atoms with Gasteiger partial charge in [0.2, 0.25) is 11.8 Å². The summed E-state index contributed by atoms with van der Waals surface area (Å²) in [6.07, 6.45) is 2.22. The summed E-state index contributed by atoms with van der Waals surface area (Å²) in [5.41, 5.74) is 3.58. The van der Waals surface area contributed by atoms with E-state index in [9.17, 15) is 54.7 Å². The quantitative estimate of drug-likeness (QED) is 0.0279. The third-order valence-electron chi connectivity index (χ3n) is 20.6. The van der Waals surface area contributed by atoms with Gasteiger partial charge in [-0.05, 0) is 171 Å². The van der Waals surface area contributed by atoms with Crippen molar-refractivity contribution in [1.82, 2.24) is 29.4 Å². The molecule has 3 aliphatic heterocycles. The van der Waals surface area contributed by atoms with Crippen molar-refractivity contribution in [2.24, 2.45) is 5.92 Å². The lowest BCUT2D eigenvalue weighted by Crippen LogP contribution is -2.46. The van der Waals surface area contributed by atoms with E-state index in [0.29, 0.717) is 68.2 Å².